The summed E-state index contributed by atoms with van der Waals surface area (Å²) in [5.41, 5.74) is 3.79. The zero-order chi connectivity index (χ0) is 20.5. The number of phenolic OH excluding ortho intramolecular Hbond substituents is 1. The second-order valence-electron chi connectivity index (χ2n) is 10.6. The molecule has 1 aromatic rings. The lowest BCUT2D eigenvalue weighted by atomic mass is 9.84. The Morgan fingerprint density at radius 2 is 1.54 bits per heavy atom. The second kappa shape index (κ2) is 11.3. The van der Waals surface area contributed by atoms with Crippen LogP contribution in [0.5, 0.6) is 5.75 Å². The van der Waals surface area contributed by atoms with Gasteiger partial charge in [-0.05, 0) is 79.4 Å². The minimum atomic E-state index is 0.496. The number of hydrogen-bond acceptors (Lipinski definition) is 1. The van der Waals surface area contributed by atoms with E-state index in [1.165, 1.54) is 89.0 Å². The number of benzene rings is 1. The van der Waals surface area contributed by atoms with Crippen LogP contribution in [0.3, 0.4) is 0 Å². The smallest absolute Gasteiger partial charge is 0.118 e. The topological polar surface area (TPSA) is 20.2 Å². The van der Waals surface area contributed by atoms with Gasteiger partial charge in [0.25, 0.3) is 0 Å². The maximum atomic E-state index is 10.2. The van der Waals surface area contributed by atoms with E-state index >= 15 is 0 Å². The van der Waals surface area contributed by atoms with E-state index in [4.69, 9.17) is 0 Å². The van der Waals surface area contributed by atoms with Crippen molar-refractivity contribution < 1.29 is 5.11 Å². The summed E-state index contributed by atoms with van der Waals surface area (Å²) in [4.78, 5) is 0. The molecule has 0 amide bonds. The van der Waals surface area contributed by atoms with Crippen LogP contribution in [0.25, 0.3) is 0 Å². The Morgan fingerprint density at radius 3 is 2.21 bits per heavy atom. The molecule has 1 aliphatic rings. The largest absolute Gasteiger partial charge is 0.508 e. The molecular formula is C27H46O. The summed E-state index contributed by atoms with van der Waals surface area (Å²) >= 11 is 0. The van der Waals surface area contributed by atoms with Crippen LogP contribution in [0.2, 0.25) is 0 Å². The average molecular weight is 387 g/mol. The molecule has 1 aromatic carbocycles. The molecule has 0 aliphatic heterocycles. The molecule has 1 N–H and O–H groups in total. The molecule has 0 radical (unpaired) electrons. The Kier molecular flexibility index (Phi) is 9.38. The van der Waals surface area contributed by atoms with Crippen molar-refractivity contribution in [3.63, 3.8) is 0 Å². The Labute approximate surface area is 175 Å². The van der Waals surface area contributed by atoms with E-state index in [1.807, 2.05) is 6.07 Å². The van der Waals surface area contributed by atoms with Crippen LogP contribution in [0.1, 0.15) is 122 Å². The molecule has 0 saturated heterocycles. The molecule has 28 heavy (non-hydrogen) atoms. The van der Waals surface area contributed by atoms with Crippen LogP contribution in [-0.2, 0) is 12.8 Å². The maximum absolute atomic E-state index is 10.2. The Hall–Kier alpha value is -0.980. The van der Waals surface area contributed by atoms with Crippen LogP contribution in [0.4, 0.5) is 0 Å². The molecule has 0 unspecified atom stereocenters. The molecule has 160 valence electrons. The fraction of sp³-hybridized carbons (Fsp3) is 0.778. The van der Waals surface area contributed by atoms with Crippen molar-refractivity contribution in [2.45, 2.75) is 124 Å². The van der Waals surface area contributed by atoms with Crippen LogP contribution in [-0.4, -0.2) is 5.11 Å². The molecule has 0 atom stereocenters. The van der Waals surface area contributed by atoms with E-state index in [0.717, 1.165) is 18.4 Å². The molecule has 1 aliphatic carbocycles. The van der Waals surface area contributed by atoms with Crippen molar-refractivity contribution in [2.24, 2.45) is 10.8 Å². The molecule has 1 nitrogen and oxygen atoms in total. The third-order valence-corrected chi connectivity index (χ3v) is 7.25. The first kappa shape index (κ1) is 23.3. The first-order valence-corrected chi connectivity index (χ1v) is 12.1. The van der Waals surface area contributed by atoms with E-state index in [-0.39, 0.29) is 0 Å². The van der Waals surface area contributed by atoms with Gasteiger partial charge in [-0.25, -0.2) is 0 Å². The number of hydrogen-bond donors (Lipinski definition) is 1. The van der Waals surface area contributed by atoms with Crippen molar-refractivity contribution in [1.82, 2.24) is 0 Å². The lowest BCUT2D eigenvalue weighted by Crippen LogP contribution is -2.08. The van der Waals surface area contributed by atoms with Gasteiger partial charge in [-0.1, -0.05) is 84.8 Å². The monoisotopic (exact) mass is 386 g/mol. The normalized spacial score (nSPS) is 15.7. The molecule has 1 heteroatoms. The van der Waals surface area contributed by atoms with E-state index in [1.54, 1.807) is 0 Å². The number of rotatable bonds is 15. The quantitative estimate of drug-likeness (QED) is 0.299. The number of aryl methyl sites for hydroxylation is 2. The van der Waals surface area contributed by atoms with Crippen LogP contribution < -0.4 is 0 Å². The predicted molar refractivity (Wildman–Crippen MR) is 123 cm³/mol. The third-order valence-electron chi connectivity index (χ3n) is 7.25. The van der Waals surface area contributed by atoms with Gasteiger partial charge < -0.3 is 5.11 Å². The second-order valence-corrected chi connectivity index (χ2v) is 10.6. The zero-order valence-corrected chi connectivity index (χ0v) is 19.3. The molecular weight excluding hydrogens is 340 g/mol. The van der Waals surface area contributed by atoms with Gasteiger partial charge in [0.15, 0.2) is 0 Å². The first-order chi connectivity index (χ1) is 13.3. The van der Waals surface area contributed by atoms with E-state index in [0.29, 0.717) is 16.6 Å². The average Bonchev–Trinajstić information content (AvgIpc) is 3.40. The van der Waals surface area contributed by atoms with E-state index in [9.17, 15) is 5.11 Å². The fourth-order valence-corrected chi connectivity index (χ4v) is 4.14. The summed E-state index contributed by atoms with van der Waals surface area (Å²) in [5, 5.41) is 10.2. The number of phenols is 1. The summed E-state index contributed by atoms with van der Waals surface area (Å²) in [5.74, 6) is 0.496. The minimum absolute atomic E-state index is 0.496. The summed E-state index contributed by atoms with van der Waals surface area (Å²) < 4.78 is 0. The zero-order valence-electron chi connectivity index (χ0n) is 19.3. The van der Waals surface area contributed by atoms with Gasteiger partial charge in [0, 0.05) is 0 Å². The molecule has 2 rings (SSSR count). The van der Waals surface area contributed by atoms with Crippen molar-refractivity contribution >= 4 is 0 Å². The van der Waals surface area contributed by atoms with Crippen molar-refractivity contribution in [1.29, 1.82) is 0 Å². The summed E-state index contributed by atoms with van der Waals surface area (Å²) in [7, 11) is 0. The van der Waals surface area contributed by atoms with Gasteiger partial charge in [-0.3, -0.25) is 0 Å². The van der Waals surface area contributed by atoms with Crippen LogP contribution in [0, 0.1) is 10.8 Å². The third kappa shape index (κ3) is 9.01. The Balaban J connectivity index is 1.59. The van der Waals surface area contributed by atoms with Gasteiger partial charge in [0.05, 0.1) is 0 Å². The highest BCUT2D eigenvalue weighted by molar-refractivity contribution is 5.36. The summed E-state index contributed by atoms with van der Waals surface area (Å²) in [6.45, 7) is 9.51. The lowest BCUT2D eigenvalue weighted by Gasteiger charge is -2.22. The van der Waals surface area contributed by atoms with E-state index in [2.05, 4.69) is 39.8 Å². The Morgan fingerprint density at radius 1 is 0.893 bits per heavy atom. The van der Waals surface area contributed by atoms with Crippen molar-refractivity contribution in [3.05, 3.63) is 29.3 Å². The molecule has 0 spiro atoms. The maximum Gasteiger partial charge on any atom is 0.118 e. The van der Waals surface area contributed by atoms with Crippen molar-refractivity contribution in [3.8, 4) is 5.75 Å². The van der Waals surface area contributed by atoms with Crippen LogP contribution in [0.15, 0.2) is 18.2 Å². The first-order valence-electron chi connectivity index (χ1n) is 12.1. The van der Waals surface area contributed by atoms with Gasteiger partial charge in [-0.15, -0.1) is 0 Å². The van der Waals surface area contributed by atoms with Gasteiger partial charge in [0.2, 0.25) is 0 Å². The molecule has 0 aromatic heterocycles. The van der Waals surface area contributed by atoms with Gasteiger partial charge in [-0.2, -0.15) is 0 Å². The Bertz CT molecular complexity index is 568. The van der Waals surface area contributed by atoms with Gasteiger partial charge in [0.1, 0.15) is 5.75 Å². The predicted octanol–water partition coefficient (Wildman–Crippen LogP) is 8.61. The van der Waals surface area contributed by atoms with Crippen LogP contribution >= 0.6 is 0 Å². The SMILES string of the molecule is CCC(C)(C)CCCCCCc1ccc(O)c(CCCCCCC2(C)CC2)c1. The molecule has 1 fully saturated rings. The van der Waals surface area contributed by atoms with Crippen molar-refractivity contribution in [2.75, 3.05) is 0 Å². The highest BCUT2D eigenvalue weighted by Gasteiger charge is 2.35. The van der Waals surface area contributed by atoms with Gasteiger partial charge >= 0.3 is 0 Å². The highest BCUT2D eigenvalue weighted by atomic mass is 16.3. The lowest BCUT2D eigenvalue weighted by molar-refractivity contribution is 0.307. The fourth-order valence-electron chi connectivity index (χ4n) is 4.14. The molecule has 1 saturated carbocycles. The van der Waals surface area contributed by atoms with E-state index < -0.39 is 0 Å². The number of aromatic hydroxyl groups is 1. The standard InChI is InChI=1S/C27H46O/c1-5-26(2,3)18-12-8-6-10-14-23-16-17-25(28)24(22-23)15-11-7-9-13-19-27(4)20-21-27/h16-17,22,28H,5-15,18-21H2,1-4H3. The molecule has 0 bridgehead atoms. The number of unbranched alkanes of at least 4 members (excludes halogenated alkanes) is 6. The minimum Gasteiger partial charge on any atom is -0.508 e. The summed E-state index contributed by atoms with van der Waals surface area (Å²) in [6.07, 6.45) is 19.7. The summed E-state index contributed by atoms with van der Waals surface area (Å²) in [6, 6.07) is 6.30. The highest BCUT2D eigenvalue weighted by Crippen LogP contribution is 2.49. The molecule has 0 heterocycles.